The third kappa shape index (κ3) is 2.42. The molecule has 2 heterocycles. The van der Waals surface area contributed by atoms with E-state index in [2.05, 4.69) is 0 Å². The zero-order chi connectivity index (χ0) is 14.7. The quantitative estimate of drug-likeness (QED) is 0.350. The zero-order valence-electron chi connectivity index (χ0n) is 10.1. The van der Waals surface area contributed by atoms with E-state index < -0.39 is 22.1 Å². The van der Waals surface area contributed by atoms with Crippen molar-refractivity contribution in [3.05, 3.63) is 62.5 Å². The molecule has 0 unspecified atom stereocenters. The summed E-state index contributed by atoms with van der Waals surface area (Å²) < 4.78 is 6.17. The van der Waals surface area contributed by atoms with Crippen molar-refractivity contribution in [1.82, 2.24) is 9.99 Å². The molecule has 0 bridgehead atoms. The van der Waals surface area contributed by atoms with E-state index in [1.807, 2.05) is 5.43 Å². The van der Waals surface area contributed by atoms with Crippen LogP contribution in [-0.4, -0.2) is 15.4 Å². The topological polar surface area (TPSA) is 133 Å². The Labute approximate surface area is 111 Å². The van der Waals surface area contributed by atoms with Crippen molar-refractivity contribution >= 4 is 11.6 Å². The van der Waals surface area contributed by atoms with Gasteiger partial charge in [0.15, 0.2) is 0 Å². The maximum atomic E-state index is 11.8. The second-order valence-electron chi connectivity index (χ2n) is 3.81. The number of nitrogens with one attached hydrogen (secondary N) is 1. The van der Waals surface area contributed by atoms with E-state index in [9.17, 15) is 19.7 Å². The molecule has 9 heteroatoms. The van der Waals surface area contributed by atoms with Crippen LogP contribution in [0.15, 0.2) is 39.9 Å². The van der Waals surface area contributed by atoms with Crippen molar-refractivity contribution in [2.45, 2.75) is 6.54 Å². The fraction of sp³-hybridized carbons (Fsp3) is 0.0909. The Balaban J connectivity index is 2.39. The molecule has 0 saturated heterocycles. The Bertz CT molecular complexity index is 718. The second kappa shape index (κ2) is 5.36. The lowest BCUT2D eigenvalue weighted by Crippen LogP contribution is -2.31. The van der Waals surface area contributed by atoms with Crippen LogP contribution in [0.25, 0.3) is 0 Å². The number of hydrogen-bond donors (Lipinski definition) is 2. The number of aromatic nitrogens is 1. The summed E-state index contributed by atoms with van der Waals surface area (Å²) in [5.41, 5.74) is 0.765. The fourth-order valence-electron chi connectivity index (χ4n) is 1.69. The summed E-state index contributed by atoms with van der Waals surface area (Å²) in [7, 11) is 0. The second-order valence-corrected chi connectivity index (χ2v) is 3.81. The lowest BCUT2D eigenvalue weighted by atomic mass is 10.2. The number of amides is 1. The summed E-state index contributed by atoms with van der Waals surface area (Å²) in [6.45, 7) is -0.115. The minimum Gasteiger partial charge on any atom is -0.467 e. The van der Waals surface area contributed by atoms with Gasteiger partial charge in [-0.25, -0.2) is 5.84 Å². The number of pyridine rings is 1. The van der Waals surface area contributed by atoms with Gasteiger partial charge in [-0.15, -0.1) is 0 Å². The number of nitrogens with zero attached hydrogens (tertiary/aromatic N) is 2. The zero-order valence-corrected chi connectivity index (χ0v) is 10.1. The van der Waals surface area contributed by atoms with Crippen molar-refractivity contribution in [1.29, 1.82) is 0 Å². The molecule has 2 aromatic rings. The first-order valence-corrected chi connectivity index (χ1v) is 5.45. The highest BCUT2D eigenvalue weighted by Gasteiger charge is 2.17. The third-order valence-electron chi connectivity index (χ3n) is 2.63. The number of nitrogens with two attached hydrogens (primary N) is 1. The van der Waals surface area contributed by atoms with Gasteiger partial charge in [-0.2, -0.15) is 0 Å². The highest BCUT2D eigenvalue weighted by molar-refractivity contribution is 5.94. The molecule has 2 rings (SSSR count). The highest BCUT2D eigenvalue weighted by atomic mass is 16.6. The van der Waals surface area contributed by atoms with Gasteiger partial charge in [0, 0.05) is 12.3 Å². The molecular weight excluding hydrogens is 268 g/mol. The largest absolute Gasteiger partial charge is 0.467 e. The van der Waals surface area contributed by atoms with Crippen LogP contribution in [-0.2, 0) is 6.54 Å². The van der Waals surface area contributed by atoms with Crippen LogP contribution in [0, 0.1) is 10.1 Å². The molecule has 0 aliphatic heterocycles. The van der Waals surface area contributed by atoms with E-state index in [4.69, 9.17) is 10.3 Å². The third-order valence-corrected chi connectivity index (χ3v) is 2.63. The summed E-state index contributed by atoms with van der Waals surface area (Å²) in [4.78, 5) is 33.2. The minimum absolute atomic E-state index is 0.115. The van der Waals surface area contributed by atoms with Crippen LogP contribution < -0.4 is 16.8 Å². The molecule has 20 heavy (non-hydrogen) atoms. The molecule has 0 aliphatic carbocycles. The van der Waals surface area contributed by atoms with Gasteiger partial charge in [0.25, 0.3) is 5.91 Å². The van der Waals surface area contributed by atoms with Gasteiger partial charge in [-0.05, 0) is 12.1 Å². The predicted molar refractivity (Wildman–Crippen MR) is 66.8 cm³/mol. The summed E-state index contributed by atoms with van der Waals surface area (Å²) in [6.07, 6.45) is 2.63. The summed E-state index contributed by atoms with van der Waals surface area (Å²) >= 11 is 0. The molecule has 0 spiro atoms. The van der Waals surface area contributed by atoms with E-state index in [0.29, 0.717) is 0 Å². The summed E-state index contributed by atoms with van der Waals surface area (Å²) in [5, 5.41) is 10.7. The lowest BCUT2D eigenvalue weighted by Gasteiger charge is -2.04. The molecule has 0 atom stereocenters. The normalized spacial score (nSPS) is 10.2. The molecule has 104 valence electrons. The minimum atomic E-state index is -0.784. The van der Waals surface area contributed by atoms with E-state index in [1.54, 1.807) is 0 Å². The van der Waals surface area contributed by atoms with Crippen LogP contribution in [0.4, 0.5) is 5.69 Å². The van der Waals surface area contributed by atoms with E-state index in [0.717, 1.165) is 10.6 Å². The van der Waals surface area contributed by atoms with Crippen molar-refractivity contribution < 1.29 is 14.1 Å². The maximum absolute atomic E-state index is 11.8. The average molecular weight is 278 g/mol. The van der Waals surface area contributed by atoms with Crippen molar-refractivity contribution in [3.63, 3.8) is 0 Å². The number of hydrogen-bond acceptors (Lipinski definition) is 6. The Morgan fingerprint density at radius 2 is 2.25 bits per heavy atom. The smallest absolute Gasteiger partial charge is 0.334 e. The first-order valence-electron chi connectivity index (χ1n) is 5.45. The van der Waals surface area contributed by atoms with E-state index >= 15 is 0 Å². The van der Waals surface area contributed by atoms with Gasteiger partial charge in [-0.3, -0.25) is 25.1 Å². The molecule has 9 nitrogen and oxygen atoms in total. The number of carbonyl (C=O) groups excluding carboxylic acids is 1. The molecule has 1 amide bonds. The molecule has 0 saturated carbocycles. The summed E-state index contributed by atoms with van der Waals surface area (Å²) in [5.74, 6) is 4.62. The Kier molecular flexibility index (Phi) is 3.62. The first-order chi connectivity index (χ1) is 9.54. The van der Waals surface area contributed by atoms with Crippen molar-refractivity contribution in [2.24, 2.45) is 5.84 Å². The number of furan rings is 1. The number of carbonyl (C=O) groups is 1. The monoisotopic (exact) mass is 278 g/mol. The van der Waals surface area contributed by atoms with Gasteiger partial charge in [-0.1, -0.05) is 0 Å². The van der Waals surface area contributed by atoms with Crippen LogP contribution in [0.1, 0.15) is 16.1 Å². The van der Waals surface area contributed by atoms with Gasteiger partial charge in [0.05, 0.1) is 23.3 Å². The highest BCUT2D eigenvalue weighted by Crippen LogP contribution is 2.12. The summed E-state index contributed by atoms with van der Waals surface area (Å²) in [6, 6.07) is 3.86. The van der Waals surface area contributed by atoms with E-state index in [1.165, 1.54) is 24.6 Å². The van der Waals surface area contributed by atoms with Crippen molar-refractivity contribution in [3.8, 4) is 0 Å². The van der Waals surface area contributed by atoms with Crippen LogP contribution in [0.2, 0.25) is 0 Å². The van der Waals surface area contributed by atoms with Crippen molar-refractivity contribution in [2.75, 3.05) is 0 Å². The predicted octanol–water partition coefficient (Wildman–Crippen LogP) is 0.00130. The van der Waals surface area contributed by atoms with Crippen LogP contribution >= 0.6 is 0 Å². The molecule has 0 aliphatic rings. The Morgan fingerprint density at radius 3 is 2.90 bits per heavy atom. The van der Waals surface area contributed by atoms with Gasteiger partial charge in [0.1, 0.15) is 5.76 Å². The van der Waals surface area contributed by atoms with Crippen LogP contribution in [0.3, 0.4) is 0 Å². The standard InChI is InChI=1S/C11H10N4O5/c12-13-10(16)7-3-5-20-9(7)6-14-4-1-2-8(11(14)17)15(18)19/h1-5H,6,12H2,(H,13,16). The maximum Gasteiger partial charge on any atom is 0.334 e. The number of rotatable bonds is 4. The van der Waals surface area contributed by atoms with Gasteiger partial charge >= 0.3 is 11.2 Å². The molecule has 3 N–H and O–H groups in total. The Hall–Kier alpha value is -2.94. The van der Waals surface area contributed by atoms with Gasteiger partial charge < -0.3 is 8.98 Å². The molecule has 0 radical (unpaired) electrons. The van der Waals surface area contributed by atoms with Gasteiger partial charge in [0.2, 0.25) is 0 Å². The molecule has 0 aromatic carbocycles. The molecule has 0 fully saturated rings. The number of nitrogen functional groups attached to an aromatic ring is 1. The van der Waals surface area contributed by atoms with E-state index in [-0.39, 0.29) is 17.9 Å². The number of hydrazine groups is 1. The SMILES string of the molecule is NNC(=O)c1ccoc1Cn1cccc([N+](=O)[O-])c1=O. The van der Waals surface area contributed by atoms with Crippen LogP contribution in [0.5, 0.6) is 0 Å². The average Bonchev–Trinajstić information content (AvgIpc) is 2.88. The number of nitro groups is 1. The Morgan fingerprint density at radius 1 is 1.50 bits per heavy atom. The first kappa shape index (κ1) is 13.5. The lowest BCUT2D eigenvalue weighted by molar-refractivity contribution is -0.386. The fourth-order valence-corrected chi connectivity index (χ4v) is 1.69. The molecule has 2 aromatic heterocycles. The molecular formula is C11H10N4O5.